The van der Waals surface area contributed by atoms with Gasteiger partial charge in [0.1, 0.15) is 0 Å². The van der Waals surface area contributed by atoms with E-state index in [0.717, 1.165) is 19.3 Å². The van der Waals surface area contributed by atoms with Gasteiger partial charge in [-0.05, 0) is 99.6 Å². The van der Waals surface area contributed by atoms with Crippen LogP contribution < -0.4 is 5.11 Å². The third-order valence-electron chi connectivity index (χ3n) is 7.69. The van der Waals surface area contributed by atoms with E-state index in [0.29, 0.717) is 17.8 Å². The summed E-state index contributed by atoms with van der Waals surface area (Å²) in [6.07, 6.45) is 6.65. The molecule has 0 aliphatic heterocycles. The molecule has 33 heavy (non-hydrogen) atoms. The van der Waals surface area contributed by atoms with Gasteiger partial charge in [-0.15, -0.1) is 0 Å². The standard InChI is InChI=1S/C19H17S.C11H16O2/c1-16-12-14-19(15-13-16)20(17-8-4-2-5-9-17)18-10-6-3-7-11-18;12-10(13)11-4-7-1-8(5-11)3-9(2-7)6-11/h2-15H,1H3;7-9H,1-6H2,(H,12,13)/q+1;/p-1. The molecule has 0 saturated heterocycles. The molecule has 0 spiro atoms. The van der Waals surface area contributed by atoms with Crippen molar-refractivity contribution in [2.24, 2.45) is 23.2 Å². The van der Waals surface area contributed by atoms with Crippen molar-refractivity contribution in [1.82, 2.24) is 0 Å². The van der Waals surface area contributed by atoms with Crippen LogP contribution in [0, 0.1) is 30.1 Å². The highest BCUT2D eigenvalue weighted by molar-refractivity contribution is 7.97. The summed E-state index contributed by atoms with van der Waals surface area (Å²) in [5.41, 5.74) is 0.910. The minimum absolute atomic E-state index is 0.0229. The second kappa shape index (κ2) is 9.38. The summed E-state index contributed by atoms with van der Waals surface area (Å²) in [6.45, 7) is 2.13. The molecule has 4 bridgehead atoms. The fourth-order valence-corrected chi connectivity index (χ4v) is 8.64. The first-order valence-electron chi connectivity index (χ1n) is 12.1. The number of hydrogen-bond donors (Lipinski definition) is 0. The molecule has 3 heteroatoms. The van der Waals surface area contributed by atoms with Gasteiger partial charge in [-0.1, -0.05) is 54.1 Å². The lowest BCUT2D eigenvalue weighted by molar-refractivity contribution is -0.327. The van der Waals surface area contributed by atoms with Gasteiger partial charge in [0.2, 0.25) is 0 Å². The normalized spacial score (nSPS) is 27.2. The van der Waals surface area contributed by atoms with Crippen LogP contribution in [0.5, 0.6) is 0 Å². The van der Waals surface area contributed by atoms with Gasteiger partial charge in [0.05, 0.1) is 10.9 Å². The lowest BCUT2D eigenvalue weighted by Gasteiger charge is -2.57. The smallest absolute Gasteiger partial charge is 0.166 e. The predicted octanol–water partition coefficient (Wildman–Crippen LogP) is 6.04. The second-order valence-corrected chi connectivity index (χ2v) is 12.3. The van der Waals surface area contributed by atoms with Crippen molar-refractivity contribution >= 4 is 16.9 Å². The van der Waals surface area contributed by atoms with Crippen LogP contribution in [0.2, 0.25) is 0 Å². The van der Waals surface area contributed by atoms with Gasteiger partial charge in [0.25, 0.3) is 0 Å². The van der Waals surface area contributed by atoms with Crippen LogP contribution in [-0.4, -0.2) is 5.97 Å². The zero-order chi connectivity index (χ0) is 22.8. The molecule has 3 aromatic carbocycles. The highest BCUT2D eigenvalue weighted by Gasteiger charge is 2.51. The minimum atomic E-state index is -0.758. The first kappa shape index (κ1) is 22.3. The number of carbonyl (C=O) groups is 1. The fraction of sp³-hybridized carbons (Fsp3) is 0.367. The molecule has 0 aromatic heterocycles. The van der Waals surface area contributed by atoms with Gasteiger partial charge >= 0.3 is 0 Å². The van der Waals surface area contributed by atoms with Crippen LogP contribution >= 0.6 is 0 Å². The summed E-state index contributed by atoms with van der Waals surface area (Å²) in [6, 6.07) is 30.4. The van der Waals surface area contributed by atoms with E-state index < -0.39 is 11.4 Å². The molecular formula is C30H32O2S. The summed E-state index contributed by atoms with van der Waals surface area (Å²) in [5.74, 6) is 1.38. The Kier molecular flexibility index (Phi) is 6.34. The molecule has 7 rings (SSSR count). The van der Waals surface area contributed by atoms with Crippen LogP contribution in [0.3, 0.4) is 0 Å². The summed E-state index contributed by atoms with van der Waals surface area (Å²) in [7, 11) is -0.0229. The molecule has 4 aliphatic rings. The molecule has 4 saturated carbocycles. The van der Waals surface area contributed by atoms with E-state index in [2.05, 4.69) is 91.9 Å². The van der Waals surface area contributed by atoms with E-state index in [-0.39, 0.29) is 10.9 Å². The van der Waals surface area contributed by atoms with E-state index in [1.165, 1.54) is 39.5 Å². The molecule has 0 heterocycles. The Labute approximate surface area is 200 Å². The van der Waals surface area contributed by atoms with Gasteiger partial charge in [-0.3, -0.25) is 0 Å². The molecule has 0 unspecified atom stereocenters. The van der Waals surface area contributed by atoms with Crippen molar-refractivity contribution in [1.29, 1.82) is 0 Å². The van der Waals surface area contributed by atoms with Crippen molar-refractivity contribution in [3.63, 3.8) is 0 Å². The Morgan fingerprint density at radius 2 is 1.09 bits per heavy atom. The van der Waals surface area contributed by atoms with Gasteiger partial charge in [0.15, 0.2) is 14.7 Å². The number of aliphatic carboxylic acids is 1. The Bertz CT molecular complexity index is 1000. The zero-order valence-corrected chi connectivity index (χ0v) is 20.1. The third kappa shape index (κ3) is 4.75. The van der Waals surface area contributed by atoms with E-state index in [9.17, 15) is 9.90 Å². The zero-order valence-electron chi connectivity index (χ0n) is 19.3. The van der Waals surface area contributed by atoms with E-state index in [1.54, 1.807) is 0 Å². The average Bonchev–Trinajstić information content (AvgIpc) is 2.82. The molecule has 2 nitrogen and oxygen atoms in total. The molecule has 3 aromatic rings. The number of carbonyl (C=O) groups excluding carboxylic acids is 1. The molecular weight excluding hydrogens is 424 g/mol. The summed E-state index contributed by atoms with van der Waals surface area (Å²) < 4.78 is 0. The maximum absolute atomic E-state index is 11.1. The predicted molar refractivity (Wildman–Crippen MR) is 132 cm³/mol. The molecule has 0 atom stereocenters. The Hall–Kier alpha value is -2.52. The summed E-state index contributed by atoms with van der Waals surface area (Å²) in [4.78, 5) is 15.2. The first-order chi connectivity index (χ1) is 16.0. The fourth-order valence-electron chi connectivity index (χ4n) is 6.56. The lowest BCUT2D eigenvalue weighted by Crippen LogP contribution is -2.54. The van der Waals surface area contributed by atoms with E-state index in [1.807, 2.05) is 0 Å². The van der Waals surface area contributed by atoms with Crippen molar-refractivity contribution in [2.45, 2.75) is 60.1 Å². The summed E-state index contributed by atoms with van der Waals surface area (Å²) >= 11 is 0. The Balaban J connectivity index is 0.000000151. The SMILES string of the molecule is Cc1ccc([S+](c2ccccc2)c2ccccc2)cc1.O=C([O-])C12CC3CC(CC(C3)C1)C2. The van der Waals surface area contributed by atoms with Crippen molar-refractivity contribution in [2.75, 3.05) is 0 Å². The maximum Gasteiger partial charge on any atom is 0.166 e. The number of carboxylic acid groups (broad SMARTS) is 1. The molecule has 4 fully saturated rings. The van der Waals surface area contributed by atoms with Crippen LogP contribution in [0.1, 0.15) is 44.1 Å². The Morgan fingerprint density at radius 3 is 1.48 bits per heavy atom. The van der Waals surface area contributed by atoms with Crippen molar-refractivity contribution < 1.29 is 9.90 Å². The topological polar surface area (TPSA) is 40.1 Å². The molecule has 170 valence electrons. The van der Waals surface area contributed by atoms with Gasteiger partial charge in [-0.2, -0.15) is 0 Å². The number of benzene rings is 3. The number of rotatable bonds is 4. The summed E-state index contributed by atoms with van der Waals surface area (Å²) in [5, 5.41) is 11.1. The number of aryl methyl sites for hydroxylation is 1. The molecule has 0 amide bonds. The van der Waals surface area contributed by atoms with Crippen LogP contribution in [0.4, 0.5) is 0 Å². The van der Waals surface area contributed by atoms with Gasteiger partial charge in [-0.25, -0.2) is 0 Å². The maximum atomic E-state index is 11.1. The first-order valence-corrected chi connectivity index (χ1v) is 13.4. The monoisotopic (exact) mass is 456 g/mol. The molecule has 0 N–H and O–H groups in total. The Morgan fingerprint density at radius 1 is 0.697 bits per heavy atom. The lowest BCUT2D eigenvalue weighted by atomic mass is 9.49. The minimum Gasteiger partial charge on any atom is -0.550 e. The second-order valence-electron chi connectivity index (χ2n) is 10.2. The number of carboxylic acids is 1. The highest BCUT2D eigenvalue weighted by atomic mass is 32.2. The molecule has 4 aliphatic carbocycles. The van der Waals surface area contributed by atoms with E-state index in [4.69, 9.17) is 0 Å². The third-order valence-corrected chi connectivity index (χ3v) is 9.92. The van der Waals surface area contributed by atoms with E-state index >= 15 is 0 Å². The van der Waals surface area contributed by atoms with Crippen LogP contribution in [0.15, 0.2) is 99.6 Å². The largest absolute Gasteiger partial charge is 0.550 e. The van der Waals surface area contributed by atoms with Crippen molar-refractivity contribution in [3.05, 3.63) is 90.5 Å². The molecule has 0 radical (unpaired) electrons. The van der Waals surface area contributed by atoms with Crippen LogP contribution in [-0.2, 0) is 15.7 Å². The highest BCUT2D eigenvalue weighted by Crippen LogP contribution is 2.59. The van der Waals surface area contributed by atoms with Crippen molar-refractivity contribution in [3.8, 4) is 0 Å². The van der Waals surface area contributed by atoms with Gasteiger partial charge in [0, 0.05) is 11.4 Å². The van der Waals surface area contributed by atoms with Gasteiger partial charge < -0.3 is 9.90 Å². The van der Waals surface area contributed by atoms with Crippen LogP contribution in [0.25, 0.3) is 0 Å². The average molecular weight is 457 g/mol. The number of hydrogen-bond acceptors (Lipinski definition) is 2. The quantitative estimate of drug-likeness (QED) is 0.449.